The predicted octanol–water partition coefficient (Wildman–Crippen LogP) is 8.65. The second-order valence-electron chi connectivity index (χ2n) is 16.8. The highest BCUT2D eigenvalue weighted by Gasteiger charge is 2.72. The fourth-order valence-electron chi connectivity index (χ4n) is 12.7. The summed E-state index contributed by atoms with van der Waals surface area (Å²) in [5.41, 5.74) is 0.630. The number of carboxylic acid groups (broad SMARTS) is 2. The van der Waals surface area contributed by atoms with E-state index >= 15 is 0 Å². The lowest BCUT2D eigenvalue weighted by Gasteiger charge is -2.72. The molecule has 0 radical (unpaired) electrons. The first-order valence-corrected chi connectivity index (χ1v) is 17.0. The number of esters is 1. The van der Waals surface area contributed by atoms with Gasteiger partial charge in [-0.25, -0.2) is 9.59 Å². The van der Waals surface area contributed by atoms with E-state index in [1.165, 1.54) is 6.07 Å². The maximum Gasteiger partial charge on any atom is 0.339 e. The number of carboxylic acids is 2. The highest BCUT2D eigenvalue weighted by Crippen LogP contribution is 2.77. The molecule has 1 aromatic carbocycles. The number of carbonyl (C=O) groups excluding carboxylic acids is 1. The van der Waals surface area contributed by atoms with Gasteiger partial charge in [0.15, 0.2) is 0 Å². The van der Waals surface area contributed by atoms with Crippen molar-refractivity contribution in [2.75, 3.05) is 0 Å². The average Bonchev–Trinajstić information content (AvgIpc) is 3.36. The molecule has 0 aromatic heterocycles. The van der Waals surface area contributed by atoms with Gasteiger partial charge >= 0.3 is 17.9 Å². The van der Waals surface area contributed by atoms with Crippen LogP contribution in [0, 0.1) is 56.7 Å². The Hall–Kier alpha value is -2.63. The number of benzene rings is 1. The van der Waals surface area contributed by atoms with Crippen LogP contribution >= 0.6 is 0 Å². The van der Waals surface area contributed by atoms with Gasteiger partial charge in [0.05, 0.1) is 16.5 Å². The van der Waals surface area contributed by atoms with Crippen LogP contribution in [0.3, 0.4) is 0 Å². The second kappa shape index (κ2) is 10.2. The Bertz CT molecular complexity index is 1400. The van der Waals surface area contributed by atoms with Crippen LogP contribution in [-0.2, 0) is 9.53 Å². The number of fused-ring (bicyclic) bond motifs is 7. The number of ether oxygens (including phenoxy) is 1. The second-order valence-corrected chi connectivity index (χ2v) is 16.8. The van der Waals surface area contributed by atoms with Crippen molar-refractivity contribution in [3.8, 4) is 0 Å². The average molecular weight is 605 g/mol. The van der Waals surface area contributed by atoms with E-state index < -0.39 is 23.3 Å². The molecule has 5 fully saturated rings. The summed E-state index contributed by atoms with van der Waals surface area (Å²) in [6.45, 7) is 18.5. The van der Waals surface area contributed by atoms with Crippen LogP contribution in [0.4, 0.5) is 0 Å². The molecule has 0 amide bonds. The van der Waals surface area contributed by atoms with Crippen LogP contribution in [0.15, 0.2) is 36.4 Å². The normalized spacial score (nSPS) is 43.9. The summed E-state index contributed by atoms with van der Waals surface area (Å²) in [6.07, 6.45) is 9.27. The fraction of sp³-hybridized carbons (Fsp3) is 0.711. The van der Waals surface area contributed by atoms with Gasteiger partial charge in [-0.2, -0.15) is 0 Å². The summed E-state index contributed by atoms with van der Waals surface area (Å²) in [5, 5.41) is 20.3. The van der Waals surface area contributed by atoms with Crippen LogP contribution in [0.25, 0.3) is 0 Å². The Labute approximate surface area is 263 Å². The molecule has 44 heavy (non-hydrogen) atoms. The van der Waals surface area contributed by atoms with Crippen molar-refractivity contribution in [1.82, 2.24) is 0 Å². The van der Waals surface area contributed by atoms with Crippen molar-refractivity contribution in [3.63, 3.8) is 0 Å². The number of rotatable bonds is 5. The lowest BCUT2D eigenvalue weighted by Crippen LogP contribution is -2.67. The van der Waals surface area contributed by atoms with E-state index in [2.05, 4.69) is 48.1 Å². The van der Waals surface area contributed by atoms with E-state index in [0.29, 0.717) is 17.8 Å². The van der Waals surface area contributed by atoms with Crippen LogP contribution in [0.2, 0.25) is 0 Å². The Balaban J connectivity index is 1.29. The monoisotopic (exact) mass is 604 g/mol. The summed E-state index contributed by atoms with van der Waals surface area (Å²) >= 11 is 0. The summed E-state index contributed by atoms with van der Waals surface area (Å²) in [5.74, 6) is -0.538. The molecule has 0 unspecified atom stereocenters. The lowest BCUT2D eigenvalue weighted by atomic mass is 9.32. The molecule has 1 aromatic rings. The molecule has 0 aliphatic heterocycles. The highest BCUT2D eigenvalue weighted by molar-refractivity contribution is 6.02. The van der Waals surface area contributed by atoms with Crippen molar-refractivity contribution >= 4 is 17.9 Å². The molecule has 0 saturated heterocycles. The van der Waals surface area contributed by atoms with Gasteiger partial charge < -0.3 is 14.9 Å². The quantitative estimate of drug-likeness (QED) is 0.258. The van der Waals surface area contributed by atoms with Gasteiger partial charge in [-0.05, 0) is 129 Å². The third-order valence-corrected chi connectivity index (χ3v) is 15.1. The smallest absolute Gasteiger partial charge is 0.339 e. The Morgan fingerprint density at radius 1 is 0.795 bits per heavy atom. The molecule has 5 saturated carbocycles. The first-order chi connectivity index (χ1) is 20.5. The van der Waals surface area contributed by atoms with Gasteiger partial charge in [0.2, 0.25) is 0 Å². The first kappa shape index (κ1) is 31.4. The summed E-state index contributed by atoms with van der Waals surface area (Å²) in [6, 6.07) is 6.31. The number of aromatic carboxylic acids is 1. The van der Waals surface area contributed by atoms with Gasteiger partial charge in [-0.15, -0.1) is 0 Å². The molecule has 6 nitrogen and oxygen atoms in total. The maximum absolute atomic E-state index is 13.4. The molecule has 0 spiro atoms. The van der Waals surface area contributed by atoms with E-state index in [1.54, 1.807) is 18.2 Å². The number of hydrogen-bond acceptors (Lipinski definition) is 4. The minimum Gasteiger partial charge on any atom is -0.481 e. The van der Waals surface area contributed by atoms with Crippen molar-refractivity contribution in [2.24, 2.45) is 56.7 Å². The van der Waals surface area contributed by atoms with E-state index in [0.717, 1.165) is 69.8 Å². The molecule has 0 heterocycles. The number of aliphatic carboxylic acids is 1. The molecule has 5 aliphatic rings. The highest BCUT2D eigenvalue weighted by atomic mass is 16.5. The third kappa shape index (κ3) is 4.07. The van der Waals surface area contributed by atoms with Crippen LogP contribution in [0.5, 0.6) is 0 Å². The molecule has 240 valence electrons. The van der Waals surface area contributed by atoms with Gasteiger partial charge in [0, 0.05) is 5.41 Å². The standard InChI is InChI=1S/C38H52O6/c1-22(2)23-14-19-38(33(42)43)21-20-36(6)26(30(23)38)12-13-28-35(5)17-16-29(34(3,4)27(35)15-18-37(28,36)7)44-32(41)25-11-9-8-10-24(25)31(39)40/h8-11,23,26-30H,1,12-21H2,2-7H3,(H,39,40)(H,42,43)/t23-,26+,27-,28+,29-,30+,35-,36+,37+,38-/m0/s1. The van der Waals surface area contributed by atoms with Crippen molar-refractivity contribution < 1.29 is 29.3 Å². The first-order valence-electron chi connectivity index (χ1n) is 17.0. The van der Waals surface area contributed by atoms with Crippen molar-refractivity contribution in [1.29, 1.82) is 0 Å². The topological polar surface area (TPSA) is 101 Å². The lowest BCUT2D eigenvalue weighted by molar-refractivity contribution is -0.248. The molecule has 5 aliphatic carbocycles. The van der Waals surface area contributed by atoms with E-state index in [4.69, 9.17) is 4.74 Å². The van der Waals surface area contributed by atoms with Crippen molar-refractivity contribution in [3.05, 3.63) is 47.5 Å². The minimum atomic E-state index is -1.13. The molecule has 6 heteroatoms. The molecular weight excluding hydrogens is 552 g/mol. The predicted molar refractivity (Wildman–Crippen MR) is 169 cm³/mol. The van der Waals surface area contributed by atoms with Gasteiger partial charge in [0.1, 0.15) is 6.10 Å². The summed E-state index contributed by atoms with van der Waals surface area (Å²) in [7, 11) is 0. The van der Waals surface area contributed by atoms with E-state index in [-0.39, 0.29) is 50.7 Å². The Morgan fingerprint density at radius 2 is 1.48 bits per heavy atom. The number of hydrogen-bond donors (Lipinski definition) is 2. The zero-order chi connectivity index (χ0) is 32.0. The summed E-state index contributed by atoms with van der Waals surface area (Å²) in [4.78, 5) is 38.1. The van der Waals surface area contributed by atoms with E-state index in [9.17, 15) is 24.6 Å². The van der Waals surface area contributed by atoms with Crippen molar-refractivity contribution in [2.45, 2.75) is 112 Å². The third-order valence-electron chi connectivity index (χ3n) is 15.1. The Morgan fingerprint density at radius 3 is 2.11 bits per heavy atom. The molecule has 2 N–H and O–H groups in total. The fourth-order valence-corrected chi connectivity index (χ4v) is 12.7. The molecule has 6 rings (SSSR count). The minimum absolute atomic E-state index is 0.0232. The van der Waals surface area contributed by atoms with Crippen LogP contribution in [-0.4, -0.2) is 34.2 Å². The van der Waals surface area contributed by atoms with Crippen LogP contribution in [0.1, 0.15) is 126 Å². The summed E-state index contributed by atoms with van der Waals surface area (Å²) < 4.78 is 6.19. The molecule has 10 atom stereocenters. The van der Waals surface area contributed by atoms with Gasteiger partial charge in [-0.3, -0.25) is 4.79 Å². The van der Waals surface area contributed by atoms with E-state index in [1.807, 2.05) is 0 Å². The Kier molecular flexibility index (Phi) is 7.26. The maximum atomic E-state index is 13.4. The largest absolute Gasteiger partial charge is 0.481 e. The zero-order valence-electron chi connectivity index (χ0n) is 27.6. The molecular formula is C38H52O6. The van der Waals surface area contributed by atoms with Crippen LogP contribution < -0.4 is 0 Å². The van der Waals surface area contributed by atoms with Gasteiger partial charge in [0.25, 0.3) is 0 Å². The zero-order valence-corrected chi connectivity index (χ0v) is 27.6. The SMILES string of the molecule is C=C(C)[C@@H]1CC[C@]2(C(=O)O)CC[C@]3(C)[C@H](CC[C@@H]4[C@@]5(C)CC[C@H](OC(=O)c6ccccc6C(=O)O)C(C)(C)[C@@H]5CC[C@]43C)[C@@H]12. The number of allylic oxidation sites excluding steroid dienone is 1. The van der Waals surface area contributed by atoms with Gasteiger partial charge in [-0.1, -0.05) is 58.9 Å². The molecule has 0 bridgehead atoms. The number of carbonyl (C=O) groups is 3.